The SMILES string of the molecule is O=C(O)CCCCCNC(=O)CN1C(=O)/C(=C/c2ccccc2O)SC1=S. The highest BCUT2D eigenvalue weighted by Crippen LogP contribution is 2.33. The van der Waals surface area contributed by atoms with Crippen LogP contribution >= 0.6 is 24.0 Å². The zero-order valence-electron chi connectivity index (χ0n) is 14.5. The molecule has 7 nitrogen and oxygen atoms in total. The molecule has 2 rings (SSSR count). The van der Waals surface area contributed by atoms with Crippen LogP contribution in [0.15, 0.2) is 29.2 Å². The average molecular weight is 409 g/mol. The molecule has 2 amide bonds. The monoisotopic (exact) mass is 408 g/mol. The second-order valence-corrected chi connectivity index (χ2v) is 7.56. The molecule has 0 aromatic heterocycles. The van der Waals surface area contributed by atoms with Crippen LogP contribution in [0.25, 0.3) is 6.08 Å². The van der Waals surface area contributed by atoms with Gasteiger partial charge in [-0.3, -0.25) is 19.3 Å². The number of aliphatic carboxylic acids is 1. The first-order valence-electron chi connectivity index (χ1n) is 8.40. The van der Waals surface area contributed by atoms with E-state index in [0.717, 1.165) is 11.8 Å². The van der Waals surface area contributed by atoms with Gasteiger partial charge in [-0.2, -0.15) is 0 Å². The minimum absolute atomic E-state index is 0.0587. The second-order valence-electron chi connectivity index (χ2n) is 5.88. The van der Waals surface area contributed by atoms with Gasteiger partial charge >= 0.3 is 5.97 Å². The first-order chi connectivity index (χ1) is 12.9. The molecule has 0 spiro atoms. The maximum Gasteiger partial charge on any atom is 0.303 e. The zero-order chi connectivity index (χ0) is 19.8. The number of hydrogen-bond acceptors (Lipinski definition) is 6. The van der Waals surface area contributed by atoms with Gasteiger partial charge in [-0.25, -0.2) is 0 Å². The van der Waals surface area contributed by atoms with E-state index in [1.54, 1.807) is 24.3 Å². The van der Waals surface area contributed by atoms with Crippen LogP contribution in [0.4, 0.5) is 0 Å². The lowest BCUT2D eigenvalue weighted by Crippen LogP contribution is -2.39. The van der Waals surface area contributed by atoms with Gasteiger partial charge in [-0.05, 0) is 25.0 Å². The van der Waals surface area contributed by atoms with Gasteiger partial charge in [0.1, 0.15) is 16.6 Å². The summed E-state index contributed by atoms with van der Waals surface area (Å²) in [6.45, 7) is 0.249. The number of thiocarbonyl (C=S) groups is 1. The summed E-state index contributed by atoms with van der Waals surface area (Å²) in [4.78, 5) is 36.5. The van der Waals surface area contributed by atoms with Crippen LogP contribution in [0.1, 0.15) is 31.2 Å². The Labute approximate surface area is 166 Å². The highest BCUT2D eigenvalue weighted by Gasteiger charge is 2.33. The molecule has 0 atom stereocenters. The Morgan fingerprint density at radius 2 is 1.96 bits per heavy atom. The van der Waals surface area contributed by atoms with Gasteiger partial charge in [-0.15, -0.1) is 0 Å². The lowest BCUT2D eigenvalue weighted by atomic mass is 10.2. The van der Waals surface area contributed by atoms with Gasteiger partial charge in [0.25, 0.3) is 5.91 Å². The first kappa shape index (κ1) is 20.9. The Morgan fingerprint density at radius 1 is 1.22 bits per heavy atom. The molecule has 3 N–H and O–H groups in total. The van der Waals surface area contributed by atoms with Gasteiger partial charge < -0.3 is 15.5 Å². The number of phenols is 1. The molecule has 0 unspecified atom stereocenters. The summed E-state index contributed by atoms with van der Waals surface area (Å²) >= 11 is 6.27. The molecule has 0 aliphatic carbocycles. The van der Waals surface area contributed by atoms with Gasteiger partial charge in [0, 0.05) is 18.5 Å². The molecule has 1 saturated heterocycles. The van der Waals surface area contributed by atoms with E-state index in [9.17, 15) is 19.5 Å². The molecular weight excluding hydrogens is 388 g/mol. The number of rotatable bonds is 9. The van der Waals surface area contributed by atoms with Crippen LogP contribution < -0.4 is 5.32 Å². The fourth-order valence-corrected chi connectivity index (χ4v) is 3.64. The van der Waals surface area contributed by atoms with Crippen LogP contribution in [0.5, 0.6) is 5.75 Å². The number of carbonyl (C=O) groups excluding carboxylic acids is 2. The molecule has 0 radical (unpaired) electrons. The number of carbonyl (C=O) groups is 3. The van der Waals surface area contributed by atoms with Crippen molar-refractivity contribution in [2.75, 3.05) is 13.1 Å². The summed E-state index contributed by atoms with van der Waals surface area (Å²) in [6.07, 6.45) is 3.61. The number of carboxylic acid groups (broad SMARTS) is 1. The van der Waals surface area contributed by atoms with Gasteiger partial charge in [0.15, 0.2) is 0 Å². The van der Waals surface area contributed by atoms with Crippen molar-refractivity contribution < 1.29 is 24.6 Å². The number of para-hydroxylation sites is 1. The first-order valence-corrected chi connectivity index (χ1v) is 9.63. The van der Waals surface area contributed by atoms with Crippen molar-refractivity contribution in [2.24, 2.45) is 0 Å². The third kappa shape index (κ3) is 6.37. The molecule has 9 heteroatoms. The molecule has 27 heavy (non-hydrogen) atoms. The Balaban J connectivity index is 1.84. The van der Waals surface area contributed by atoms with E-state index in [-0.39, 0.29) is 30.5 Å². The number of benzene rings is 1. The summed E-state index contributed by atoms with van der Waals surface area (Å²) in [7, 11) is 0. The van der Waals surface area contributed by atoms with E-state index in [1.165, 1.54) is 11.0 Å². The lowest BCUT2D eigenvalue weighted by Gasteiger charge is -2.14. The van der Waals surface area contributed by atoms with Crippen molar-refractivity contribution in [2.45, 2.75) is 25.7 Å². The smallest absolute Gasteiger partial charge is 0.303 e. The van der Waals surface area contributed by atoms with E-state index in [4.69, 9.17) is 17.3 Å². The predicted molar refractivity (Wildman–Crippen MR) is 107 cm³/mol. The summed E-state index contributed by atoms with van der Waals surface area (Å²) in [5.74, 6) is -1.47. The topological polar surface area (TPSA) is 107 Å². The molecule has 1 aromatic rings. The minimum Gasteiger partial charge on any atom is -0.507 e. The van der Waals surface area contributed by atoms with Crippen molar-refractivity contribution in [3.05, 3.63) is 34.7 Å². The Bertz CT molecular complexity index is 779. The normalized spacial score (nSPS) is 15.4. The van der Waals surface area contributed by atoms with E-state index in [2.05, 4.69) is 5.32 Å². The Kier molecular flexibility index (Phi) is 7.81. The number of nitrogens with one attached hydrogen (secondary N) is 1. The minimum atomic E-state index is -0.828. The van der Waals surface area contributed by atoms with Crippen LogP contribution in [0, 0.1) is 0 Å². The maximum atomic E-state index is 12.5. The molecule has 1 aliphatic rings. The molecule has 144 valence electrons. The van der Waals surface area contributed by atoms with E-state index in [0.29, 0.717) is 40.6 Å². The predicted octanol–water partition coefficient (Wildman–Crippen LogP) is 2.35. The molecule has 1 heterocycles. The van der Waals surface area contributed by atoms with Crippen molar-refractivity contribution in [1.29, 1.82) is 0 Å². The molecule has 1 fully saturated rings. The molecule has 0 bridgehead atoms. The Hall–Kier alpha value is -2.39. The zero-order valence-corrected chi connectivity index (χ0v) is 16.1. The summed E-state index contributed by atoms with van der Waals surface area (Å²) in [6, 6.07) is 6.63. The van der Waals surface area contributed by atoms with Crippen molar-refractivity contribution in [1.82, 2.24) is 10.2 Å². The van der Waals surface area contributed by atoms with Crippen molar-refractivity contribution >= 4 is 52.2 Å². The highest BCUT2D eigenvalue weighted by atomic mass is 32.2. The molecule has 1 aromatic carbocycles. The third-order valence-electron chi connectivity index (χ3n) is 3.79. The maximum absolute atomic E-state index is 12.5. The van der Waals surface area contributed by atoms with Crippen LogP contribution in [-0.2, 0) is 14.4 Å². The number of hydrogen-bond donors (Lipinski definition) is 3. The average Bonchev–Trinajstić information content (AvgIpc) is 2.87. The fourth-order valence-electron chi connectivity index (χ4n) is 2.39. The Morgan fingerprint density at radius 3 is 2.67 bits per heavy atom. The largest absolute Gasteiger partial charge is 0.507 e. The highest BCUT2D eigenvalue weighted by molar-refractivity contribution is 8.26. The lowest BCUT2D eigenvalue weighted by molar-refractivity contribution is -0.137. The van der Waals surface area contributed by atoms with E-state index in [1.807, 2.05) is 0 Å². The van der Waals surface area contributed by atoms with E-state index >= 15 is 0 Å². The number of unbranched alkanes of at least 4 members (excludes halogenated alkanes) is 2. The van der Waals surface area contributed by atoms with Gasteiger partial charge in [0.2, 0.25) is 5.91 Å². The number of thioether (sulfide) groups is 1. The second kappa shape index (κ2) is 10.1. The van der Waals surface area contributed by atoms with Crippen molar-refractivity contribution in [3.8, 4) is 5.75 Å². The number of nitrogens with zero attached hydrogens (tertiary/aromatic N) is 1. The fraction of sp³-hybridized carbons (Fsp3) is 0.333. The number of aromatic hydroxyl groups is 1. The summed E-state index contributed by atoms with van der Waals surface area (Å²) in [5, 5.41) is 21.1. The van der Waals surface area contributed by atoms with Gasteiger partial charge in [-0.1, -0.05) is 48.6 Å². The van der Waals surface area contributed by atoms with Crippen LogP contribution in [0.3, 0.4) is 0 Å². The molecular formula is C18H20N2O5S2. The van der Waals surface area contributed by atoms with Crippen LogP contribution in [-0.4, -0.2) is 50.3 Å². The van der Waals surface area contributed by atoms with Gasteiger partial charge in [0.05, 0.1) is 4.91 Å². The number of carboxylic acids is 1. The number of amides is 2. The third-order valence-corrected chi connectivity index (χ3v) is 5.17. The standard InChI is InChI=1S/C18H20N2O5S2/c21-13-7-4-3-6-12(13)10-14-17(25)20(18(26)27-14)11-15(22)19-9-5-1-2-8-16(23)24/h3-4,6-7,10,21H,1-2,5,8-9,11H2,(H,19,22)(H,23,24)/b14-10-. The molecule has 0 saturated carbocycles. The molecule has 1 aliphatic heterocycles. The van der Waals surface area contributed by atoms with Crippen molar-refractivity contribution in [3.63, 3.8) is 0 Å². The van der Waals surface area contributed by atoms with Crippen LogP contribution in [0.2, 0.25) is 0 Å². The van der Waals surface area contributed by atoms with E-state index < -0.39 is 5.97 Å². The quantitative estimate of drug-likeness (QED) is 0.327. The number of phenolic OH excluding ortho intramolecular Hbond substituents is 1. The summed E-state index contributed by atoms with van der Waals surface area (Å²) in [5.41, 5.74) is 0.504. The summed E-state index contributed by atoms with van der Waals surface area (Å²) < 4.78 is 0.290.